The molecule has 0 aliphatic heterocycles. The van der Waals surface area contributed by atoms with Crippen molar-refractivity contribution in [2.75, 3.05) is 0 Å². The molecule has 0 amide bonds. The molecule has 3 aromatic carbocycles. The fourth-order valence-electron chi connectivity index (χ4n) is 3.43. The Hall–Kier alpha value is -1.48. The van der Waals surface area contributed by atoms with Crippen LogP contribution in [0.15, 0.2) is 66.7 Å². The minimum atomic E-state index is -1.32. The second-order valence-corrected chi connectivity index (χ2v) is 7.91. The quantitative estimate of drug-likeness (QED) is 0.251. The average Bonchev–Trinajstić information content (AvgIpc) is 3.12. The number of hydrogen-bond acceptors (Lipinski definition) is 5. The first-order chi connectivity index (χ1) is 15.3. The van der Waals surface area contributed by atoms with Crippen LogP contribution in [0.25, 0.3) is 10.9 Å². The Labute approximate surface area is 250 Å². The molecular weight excluding hydrogens is 499 g/mol. The first-order valence-corrected chi connectivity index (χ1v) is 10.3. The van der Waals surface area contributed by atoms with Gasteiger partial charge in [-0.2, -0.15) is 0 Å². The van der Waals surface area contributed by atoms with Crippen molar-refractivity contribution in [3.05, 3.63) is 99.2 Å². The summed E-state index contributed by atoms with van der Waals surface area (Å²) in [5.74, 6) is -2.07. The number of carboxylic acid groups (broad SMARTS) is 2. The maximum absolute atomic E-state index is 11.7. The Morgan fingerprint density at radius 3 is 2.09 bits per heavy atom. The maximum Gasteiger partial charge on any atom is 1.00 e. The van der Waals surface area contributed by atoms with E-state index in [2.05, 4.69) is 0 Å². The number of carbonyl (C=O) groups excluding carboxylic acids is 2. The van der Waals surface area contributed by atoms with Crippen molar-refractivity contribution < 1.29 is 83.7 Å². The summed E-state index contributed by atoms with van der Waals surface area (Å²) in [5.41, 5.74) is 2.09. The van der Waals surface area contributed by atoms with Crippen LogP contribution in [0.2, 0.25) is 10.0 Å². The van der Waals surface area contributed by atoms with Gasteiger partial charge in [-0.3, -0.25) is 0 Å². The summed E-state index contributed by atoms with van der Waals surface area (Å²) in [7, 11) is 0. The fraction of sp³-hybridized carbons (Fsp3) is 0.0833. The molecule has 0 saturated heterocycles. The Bertz CT molecular complexity index is 1320. The van der Waals surface area contributed by atoms with Crippen molar-refractivity contribution in [3.63, 3.8) is 0 Å². The molecule has 0 saturated carbocycles. The maximum atomic E-state index is 11.7. The van der Waals surface area contributed by atoms with Crippen molar-refractivity contribution in [2.24, 2.45) is 0 Å². The van der Waals surface area contributed by atoms with E-state index in [1.54, 1.807) is 53.1 Å². The number of benzene rings is 3. The Morgan fingerprint density at radius 2 is 1.50 bits per heavy atom. The summed E-state index contributed by atoms with van der Waals surface area (Å²) in [6.07, 6.45) is 0. The number of aromatic carboxylic acids is 2. The third-order valence-electron chi connectivity index (χ3n) is 5.06. The number of halogens is 2. The Morgan fingerprint density at radius 1 is 0.853 bits per heavy atom. The first kappa shape index (κ1) is 28.8. The summed E-state index contributed by atoms with van der Waals surface area (Å²) >= 11 is 12.4. The van der Waals surface area contributed by atoms with Crippen molar-refractivity contribution in [2.45, 2.75) is 13.2 Å². The smallest absolute Gasteiger partial charge is 0.545 e. The van der Waals surface area contributed by atoms with Gasteiger partial charge in [0, 0.05) is 33.1 Å². The van der Waals surface area contributed by atoms with E-state index in [9.17, 15) is 19.8 Å². The molecule has 10 heteroatoms. The summed E-state index contributed by atoms with van der Waals surface area (Å²) in [6.45, 7) is 0.373. The van der Waals surface area contributed by atoms with Gasteiger partial charge >= 0.3 is 59.1 Å². The van der Waals surface area contributed by atoms with Gasteiger partial charge in [0.25, 0.3) is 0 Å². The summed E-state index contributed by atoms with van der Waals surface area (Å²) in [6, 6.07) is 18.0. The molecule has 0 N–H and O–H groups in total. The van der Waals surface area contributed by atoms with Crippen LogP contribution in [0, 0.1) is 0 Å². The standard InChI is InChI=1S/C24H17Cl2NO5.2Na/c25-19-2-1-3-20(26)18(19)13-32-17-8-9-21-16(10-17)11-22(24(30)31)27(21)12-14-4-6-15(7-5-14)23(28)29;;/h1-11H,12-13H2,(H,28,29)(H,30,31);;/q;2*+1/p-2. The van der Waals surface area contributed by atoms with Gasteiger partial charge in [0.15, 0.2) is 0 Å². The number of aromatic nitrogens is 1. The molecule has 6 nitrogen and oxygen atoms in total. The van der Waals surface area contributed by atoms with Crippen molar-refractivity contribution in [1.82, 2.24) is 4.57 Å². The van der Waals surface area contributed by atoms with Crippen molar-refractivity contribution in [3.8, 4) is 5.75 Å². The number of hydrogen-bond donors (Lipinski definition) is 0. The molecule has 0 fully saturated rings. The van der Waals surface area contributed by atoms with E-state index in [0.717, 1.165) is 5.56 Å². The summed E-state index contributed by atoms with van der Waals surface area (Å²) in [4.78, 5) is 22.6. The van der Waals surface area contributed by atoms with Gasteiger partial charge in [-0.25, -0.2) is 0 Å². The van der Waals surface area contributed by atoms with Crippen LogP contribution in [-0.2, 0) is 13.2 Å². The summed E-state index contributed by atoms with van der Waals surface area (Å²) < 4.78 is 7.41. The molecule has 34 heavy (non-hydrogen) atoms. The Balaban J connectivity index is 0.00000204. The number of carboxylic acids is 2. The topological polar surface area (TPSA) is 94.4 Å². The molecule has 0 aliphatic carbocycles. The van der Waals surface area contributed by atoms with Crippen LogP contribution in [0.5, 0.6) is 5.75 Å². The number of nitrogens with zero attached hydrogens (tertiary/aromatic N) is 1. The van der Waals surface area contributed by atoms with Crippen LogP contribution in [0.4, 0.5) is 0 Å². The van der Waals surface area contributed by atoms with Gasteiger partial charge in [0.2, 0.25) is 0 Å². The zero-order valence-electron chi connectivity index (χ0n) is 18.5. The van der Waals surface area contributed by atoms with E-state index in [1.807, 2.05) is 0 Å². The van der Waals surface area contributed by atoms with Crippen LogP contribution < -0.4 is 74.1 Å². The largest absolute Gasteiger partial charge is 1.00 e. The van der Waals surface area contributed by atoms with Gasteiger partial charge in [-0.15, -0.1) is 0 Å². The number of carbonyl (C=O) groups is 2. The predicted molar refractivity (Wildman–Crippen MR) is 117 cm³/mol. The first-order valence-electron chi connectivity index (χ1n) is 9.54. The summed E-state index contributed by atoms with van der Waals surface area (Å²) in [5, 5.41) is 24.3. The number of ether oxygens (including phenoxy) is 1. The molecule has 0 spiro atoms. The number of fused-ring (bicyclic) bond motifs is 1. The van der Waals surface area contributed by atoms with Crippen LogP contribution in [0.3, 0.4) is 0 Å². The molecule has 0 unspecified atom stereocenters. The minimum absolute atomic E-state index is 0. The zero-order valence-corrected chi connectivity index (χ0v) is 24.0. The van der Waals surface area contributed by atoms with Gasteiger partial charge in [0.05, 0.1) is 17.6 Å². The molecular formula is C24H15Cl2NNa2O5. The normalized spacial score (nSPS) is 10.3. The van der Waals surface area contributed by atoms with Crippen LogP contribution in [-0.4, -0.2) is 16.5 Å². The average molecular weight is 514 g/mol. The third-order valence-corrected chi connectivity index (χ3v) is 5.77. The Kier molecular flexibility index (Phi) is 10.5. The SMILES string of the molecule is O=C([O-])c1ccc(Cn2c(C(=O)[O-])cc3cc(OCc4c(Cl)cccc4Cl)ccc32)cc1.[Na+].[Na+]. The van der Waals surface area contributed by atoms with E-state index < -0.39 is 11.9 Å². The molecule has 0 bridgehead atoms. The third kappa shape index (κ3) is 6.39. The van der Waals surface area contributed by atoms with Crippen molar-refractivity contribution >= 4 is 46.0 Å². The van der Waals surface area contributed by atoms with E-state index >= 15 is 0 Å². The minimum Gasteiger partial charge on any atom is -0.545 e. The number of rotatable bonds is 7. The van der Waals surface area contributed by atoms with E-state index in [-0.39, 0.29) is 83.5 Å². The van der Waals surface area contributed by atoms with E-state index in [0.29, 0.717) is 32.3 Å². The molecule has 0 aliphatic rings. The van der Waals surface area contributed by atoms with Crippen molar-refractivity contribution in [1.29, 1.82) is 0 Å². The molecule has 1 heterocycles. The van der Waals surface area contributed by atoms with Gasteiger partial charge in [-0.05, 0) is 47.5 Å². The second kappa shape index (κ2) is 12.5. The predicted octanol–water partition coefficient (Wildman–Crippen LogP) is -2.69. The molecule has 1 aromatic heterocycles. The monoisotopic (exact) mass is 513 g/mol. The molecule has 4 aromatic rings. The fourth-order valence-corrected chi connectivity index (χ4v) is 3.94. The molecule has 4 rings (SSSR count). The van der Waals surface area contributed by atoms with Gasteiger partial charge < -0.3 is 29.1 Å². The molecule has 0 atom stereocenters. The van der Waals surface area contributed by atoms with E-state index in [4.69, 9.17) is 27.9 Å². The molecule has 0 radical (unpaired) electrons. The van der Waals surface area contributed by atoms with Gasteiger partial charge in [-0.1, -0.05) is 53.5 Å². The molecule has 162 valence electrons. The van der Waals surface area contributed by atoms with Crippen LogP contribution >= 0.6 is 23.2 Å². The van der Waals surface area contributed by atoms with Crippen LogP contribution in [0.1, 0.15) is 32.0 Å². The van der Waals surface area contributed by atoms with Gasteiger partial charge in [0.1, 0.15) is 12.4 Å². The second-order valence-electron chi connectivity index (χ2n) is 7.10. The zero-order chi connectivity index (χ0) is 22.8. The van der Waals surface area contributed by atoms with E-state index in [1.165, 1.54) is 18.2 Å².